The van der Waals surface area contributed by atoms with Crippen LogP contribution in [0.25, 0.3) is 0 Å². The van der Waals surface area contributed by atoms with E-state index in [4.69, 9.17) is 0 Å². The molecular weight excluding hydrogens is 395 g/mol. The average molecular weight is 411 g/mol. The van der Waals surface area contributed by atoms with Gasteiger partial charge in [0.25, 0.3) is 0 Å². The summed E-state index contributed by atoms with van der Waals surface area (Å²) in [5, 5.41) is 6.09. The maximum absolute atomic E-state index is 11.4. The largest absolute Gasteiger partial charge is 0.384 e. The van der Waals surface area contributed by atoms with Crippen LogP contribution in [0.2, 0.25) is 0 Å². The number of benzene rings is 1. The highest BCUT2D eigenvalue weighted by Crippen LogP contribution is 2.22. The Labute approximate surface area is 124 Å². The molecule has 0 fully saturated rings. The quantitative estimate of drug-likeness (QED) is 0.730. The number of carbonyl (C=O) groups excluding carboxylic acids is 1. The zero-order valence-corrected chi connectivity index (χ0v) is 13.6. The highest BCUT2D eigenvalue weighted by molar-refractivity contribution is 14.1. The number of anilines is 1. The van der Waals surface area contributed by atoms with Crippen molar-refractivity contribution in [2.45, 2.75) is 26.3 Å². The fourth-order valence-electron chi connectivity index (χ4n) is 1.32. The number of amides is 1. The molecule has 0 bridgehead atoms. The molecule has 5 heteroatoms. The van der Waals surface area contributed by atoms with Gasteiger partial charge >= 0.3 is 0 Å². The van der Waals surface area contributed by atoms with Crippen molar-refractivity contribution in [2.75, 3.05) is 11.9 Å². The molecule has 2 N–H and O–H groups in total. The minimum Gasteiger partial charge on any atom is -0.384 e. The molecule has 0 unspecified atom stereocenters. The number of hydrogen-bond acceptors (Lipinski definition) is 2. The first-order chi connectivity index (χ1) is 7.99. The summed E-state index contributed by atoms with van der Waals surface area (Å²) in [4.78, 5) is 11.4. The third-order valence-corrected chi connectivity index (χ3v) is 4.38. The smallest absolute Gasteiger partial charge is 0.221 e. The molecule has 1 aromatic rings. The fourth-order valence-corrected chi connectivity index (χ4v) is 2.08. The standard InChI is InChI=1S/C12H16BrIN2O/c1-8(2)16-12(17)5-6-15-9-3-4-10(13)11(14)7-9/h3-4,7-8,15H,5-6H2,1-2H3,(H,16,17). The van der Waals surface area contributed by atoms with Gasteiger partial charge in [-0.05, 0) is 70.6 Å². The van der Waals surface area contributed by atoms with E-state index < -0.39 is 0 Å². The zero-order valence-electron chi connectivity index (χ0n) is 9.89. The van der Waals surface area contributed by atoms with Crippen LogP contribution in [0.4, 0.5) is 5.69 Å². The van der Waals surface area contributed by atoms with Crippen molar-refractivity contribution in [2.24, 2.45) is 0 Å². The normalized spacial score (nSPS) is 10.4. The molecule has 0 heterocycles. The molecule has 3 nitrogen and oxygen atoms in total. The number of carbonyl (C=O) groups is 1. The van der Waals surface area contributed by atoms with Gasteiger partial charge < -0.3 is 10.6 Å². The molecule has 0 atom stereocenters. The van der Waals surface area contributed by atoms with E-state index >= 15 is 0 Å². The molecule has 0 aromatic heterocycles. The molecule has 0 saturated carbocycles. The first-order valence-corrected chi connectivity index (χ1v) is 7.34. The topological polar surface area (TPSA) is 41.1 Å². The SMILES string of the molecule is CC(C)NC(=O)CCNc1ccc(Br)c(I)c1. The lowest BCUT2D eigenvalue weighted by Crippen LogP contribution is -2.31. The Bertz CT molecular complexity index is 396. The molecule has 0 aliphatic heterocycles. The second-order valence-corrected chi connectivity index (χ2v) is 6.04. The van der Waals surface area contributed by atoms with Gasteiger partial charge in [0.1, 0.15) is 0 Å². The second-order valence-electron chi connectivity index (χ2n) is 4.03. The summed E-state index contributed by atoms with van der Waals surface area (Å²) < 4.78 is 2.24. The lowest BCUT2D eigenvalue weighted by molar-refractivity contribution is -0.121. The predicted octanol–water partition coefficient (Wildman–Crippen LogP) is 3.38. The molecule has 0 saturated heterocycles. The van der Waals surface area contributed by atoms with Crippen LogP contribution in [0.5, 0.6) is 0 Å². The van der Waals surface area contributed by atoms with Gasteiger partial charge in [0.15, 0.2) is 0 Å². The van der Waals surface area contributed by atoms with Crippen molar-refractivity contribution in [3.8, 4) is 0 Å². The Morgan fingerprint density at radius 2 is 2.18 bits per heavy atom. The third-order valence-electron chi connectivity index (χ3n) is 2.05. The second kappa shape index (κ2) is 7.20. The minimum atomic E-state index is 0.0827. The van der Waals surface area contributed by atoms with E-state index in [1.165, 1.54) is 0 Å². The summed E-state index contributed by atoms with van der Waals surface area (Å²) in [5.41, 5.74) is 1.04. The van der Waals surface area contributed by atoms with Crippen LogP contribution in [-0.2, 0) is 4.79 Å². The lowest BCUT2D eigenvalue weighted by Gasteiger charge is -2.10. The van der Waals surface area contributed by atoms with Crippen molar-refractivity contribution in [3.63, 3.8) is 0 Å². The molecule has 1 rings (SSSR count). The van der Waals surface area contributed by atoms with E-state index in [0.717, 1.165) is 13.7 Å². The lowest BCUT2D eigenvalue weighted by atomic mass is 10.3. The molecule has 94 valence electrons. The Balaban J connectivity index is 2.36. The van der Waals surface area contributed by atoms with Gasteiger partial charge in [-0.25, -0.2) is 0 Å². The van der Waals surface area contributed by atoms with E-state index in [1.807, 2.05) is 32.0 Å². The minimum absolute atomic E-state index is 0.0827. The van der Waals surface area contributed by atoms with Crippen molar-refractivity contribution >= 4 is 50.1 Å². The van der Waals surface area contributed by atoms with Crippen LogP contribution in [0.3, 0.4) is 0 Å². The predicted molar refractivity (Wildman–Crippen MR) is 83.2 cm³/mol. The highest BCUT2D eigenvalue weighted by Gasteiger charge is 2.03. The van der Waals surface area contributed by atoms with Crippen LogP contribution in [0.15, 0.2) is 22.7 Å². The number of nitrogens with one attached hydrogen (secondary N) is 2. The third kappa shape index (κ3) is 5.72. The summed E-state index contributed by atoms with van der Waals surface area (Å²) >= 11 is 5.71. The maximum Gasteiger partial charge on any atom is 0.221 e. The first kappa shape index (κ1) is 14.8. The molecule has 0 radical (unpaired) electrons. The number of hydrogen-bond donors (Lipinski definition) is 2. The maximum atomic E-state index is 11.4. The van der Waals surface area contributed by atoms with Gasteiger partial charge in [-0.3, -0.25) is 4.79 Å². The number of rotatable bonds is 5. The van der Waals surface area contributed by atoms with E-state index in [9.17, 15) is 4.79 Å². The molecule has 17 heavy (non-hydrogen) atoms. The van der Waals surface area contributed by atoms with Gasteiger partial charge in [-0.1, -0.05) is 0 Å². The van der Waals surface area contributed by atoms with Crippen molar-refractivity contribution in [1.29, 1.82) is 0 Å². The van der Waals surface area contributed by atoms with E-state index in [2.05, 4.69) is 49.2 Å². The van der Waals surface area contributed by atoms with Gasteiger partial charge in [0.05, 0.1) is 0 Å². The average Bonchev–Trinajstić information content (AvgIpc) is 2.22. The van der Waals surface area contributed by atoms with Crippen molar-refractivity contribution in [1.82, 2.24) is 5.32 Å². The van der Waals surface area contributed by atoms with Crippen LogP contribution in [-0.4, -0.2) is 18.5 Å². The Morgan fingerprint density at radius 3 is 2.76 bits per heavy atom. The summed E-state index contributed by atoms with van der Waals surface area (Å²) in [7, 11) is 0. The first-order valence-electron chi connectivity index (χ1n) is 5.47. The molecule has 0 aliphatic rings. The van der Waals surface area contributed by atoms with Crippen molar-refractivity contribution < 1.29 is 4.79 Å². The Hall–Kier alpha value is -0.300. The van der Waals surface area contributed by atoms with Crippen LogP contribution < -0.4 is 10.6 Å². The van der Waals surface area contributed by atoms with Gasteiger partial charge in [-0.15, -0.1) is 0 Å². The van der Waals surface area contributed by atoms with Crippen molar-refractivity contribution in [3.05, 3.63) is 26.2 Å². The Kier molecular flexibility index (Phi) is 6.26. The van der Waals surface area contributed by atoms with Crippen LogP contribution >= 0.6 is 38.5 Å². The monoisotopic (exact) mass is 410 g/mol. The Morgan fingerprint density at radius 1 is 1.47 bits per heavy atom. The van der Waals surface area contributed by atoms with E-state index in [-0.39, 0.29) is 11.9 Å². The van der Waals surface area contributed by atoms with Gasteiger partial charge in [-0.2, -0.15) is 0 Å². The molecule has 0 spiro atoms. The van der Waals surface area contributed by atoms with Gasteiger partial charge in [0.2, 0.25) is 5.91 Å². The number of halogens is 2. The molecule has 0 aliphatic carbocycles. The molecule has 1 amide bonds. The van der Waals surface area contributed by atoms with Gasteiger partial charge in [0, 0.05) is 32.7 Å². The highest BCUT2D eigenvalue weighted by atomic mass is 127. The van der Waals surface area contributed by atoms with Crippen LogP contribution in [0, 0.1) is 3.57 Å². The molecule has 1 aromatic carbocycles. The van der Waals surface area contributed by atoms with E-state index in [1.54, 1.807) is 0 Å². The summed E-state index contributed by atoms with van der Waals surface area (Å²) in [6.45, 7) is 4.57. The summed E-state index contributed by atoms with van der Waals surface area (Å²) in [6, 6.07) is 6.24. The summed E-state index contributed by atoms with van der Waals surface area (Å²) in [5.74, 6) is 0.0827. The summed E-state index contributed by atoms with van der Waals surface area (Å²) in [6.07, 6.45) is 0.491. The molecular formula is C12H16BrIN2O. The van der Waals surface area contributed by atoms with Crippen LogP contribution in [0.1, 0.15) is 20.3 Å². The zero-order chi connectivity index (χ0) is 12.8. The fraction of sp³-hybridized carbons (Fsp3) is 0.417. The van der Waals surface area contributed by atoms with E-state index in [0.29, 0.717) is 13.0 Å².